The smallest absolute Gasteiger partial charge is 0.104 e. The Morgan fingerprint density at radius 2 is 1.16 bits per heavy atom. The average molecular weight is 444 g/mol. The number of carboxylic acid groups (broad SMARTS) is 1. The summed E-state index contributed by atoms with van der Waals surface area (Å²) in [5.41, 5.74) is 0. The molecule has 0 fully saturated rings. The van der Waals surface area contributed by atoms with Crippen molar-refractivity contribution in [2.24, 2.45) is 0 Å². The number of hydrogen-bond acceptors (Lipinski definition) is 4. The molecule has 0 heterocycles. The van der Waals surface area contributed by atoms with Crippen LogP contribution in [-0.2, 0) is 4.79 Å². The first-order valence-electron chi connectivity index (χ1n) is 12.6. The van der Waals surface area contributed by atoms with Crippen LogP contribution in [0.5, 0.6) is 0 Å². The summed E-state index contributed by atoms with van der Waals surface area (Å²) in [7, 11) is 4.00. The molecule has 2 unspecified atom stereocenters. The lowest BCUT2D eigenvalue weighted by atomic mass is 10.1. The number of carbonyl (C=O) groups is 1. The molecule has 2 N–H and O–H groups in total. The number of rotatable bonds is 19. The van der Waals surface area contributed by atoms with Gasteiger partial charge in [-0.2, -0.15) is 0 Å². The largest absolute Gasteiger partial charge is 0.550 e. The molecule has 0 aromatic carbocycles. The maximum Gasteiger partial charge on any atom is 0.104 e. The molecule has 0 spiro atoms. The van der Waals surface area contributed by atoms with E-state index in [1.807, 2.05) is 14.1 Å². The molecule has 5 nitrogen and oxygen atoms in total. The Kier molecular flexibility index (Phi) is 23.2. The standard InChI is InChI=1S/C18H34O2.C8H20NO2/c1-2-3-4-5-6-7-8-9-10-11-12-13-14-15-16-17-18(19)20;1-7(10)5-9(3,4)6-8(2)11/h9-10H,2-8,11-17H2,1H3,(H,19,20);7-8,10-11H,5-6H2,1-4H3/q;+1/p-1/b10-9-;. The van der Waals surface area contributed by atoms with Crippen molar-refractivity contribution in [3.05, 3.63) is 12.2 Å². The highest BCUT2D eigenvalue weighted by Gasteiger charge is 2.19. The van der Waals surface area contributed by atoms with Crippen molar-refractivity contribution < 1.29 is 24.6 Å². The molecule has 0 amide bonds. The predicted molar refractivity (Wildman–Crippen MR) is 130 cm³/mol. The zero-order chi connectivity index (χ0) is 24.0. The van der Waals surface area contributed by atoms with Crippen LogP contribution in [0.2, 0.25) is 0 Å². The molecule has 0 bridgehead atoms. The van der Waals surface area contributed by atoms with Gasteiger partial charge in [0.05, 0.1) is 14.1 Å². The summed E-state index contributed by atoms with van der Waals surface area (Å²) in [4.78, 5) is 10.2. The Labute approximate surface area is 193 Å². The van der Waals surface area contributed by atoms with Crippen LogP contribution in [0.3, 0.4) is 0 Å². The zero-order valence-electron chi connectivity index (χ0n) is 21.3. The molecular formula is C26H53NO4. The van der Waals surface area contributed by atoms with Crippen LogP contribution in [0.1, 0.15) is 111 Å². The lowest BCUT2D eigenvalue weighted by Gasteiger charge is -2.31. The molecule has 0 rings (SSSR count). The maximum absolute atomic E-state index is 10.2. The third kappa shape index (κ3) is 31.4. The first-order chi connectivity index (χ1) is 14.6. The summed E-state index contributed by atoms with van der Waals surface area (Å²) in [6.07, 6.45) is 20.3. The van der Waals surface area contributed by atoms with Crippen molar-refractivity contribution in [1.29, 1.82) is 0 Å². The van der Waals surface area contributed by atoms with Gasteiger partial charge in [-0.25, -0.2) is 0 Å². The summed E-state index contributed by atoms with van der Waals surface area (Å²) >= 11 is 0. The zero-order valence-corrected chi connectivity index (χ0v) is 21.3. The van der Waals surface area contributed by atoms with Gasteiger partial charge < -0.3 is 24.6 Å². The van der Waals surface area contributed by atoms with Crippen LogP contribution in [-0.4, -0.2) is 60.1 Å². The number of allylic oxidation sites excluding steroid dienone is 2. The van der Waals surface area contributed by atoms with Gasteiger partial charge in [0.2, 0.25) is 0 Å². The van der Waals surface area contributed by atoms with E-state index < -0.39 is 5.97 Å². The van der Waals surface area contributed by atoms with E-state index in [4.69, 9.17) is 10.2 Å². The third-order valence-electron chi connectivity index (χ3n) is 5.16. The van der Waals surface area contributed by atoms with Crippen LogP contribution >= 0.6 is 0 Å². The van der Waals surface area contributed by atoms with Crippen molar-refractivity contribution in [2.75, 3.05) is 27.2 Å². The van der Waals surface area contributed by atoms with Crippen LogP contribution in [0.25, 0.3) is 0 Å². The van der Waals surface area contributed by atoms with Gasteiger partial charge >= 0.3 is 0 Å². The van der Waals surface area contributed by atoms with Gasteiger partial charge in [-0.3, -0.25) is 0 Å². The minimum atomic E-state index is -0.914. The number of unbranched alkanes of at least 4 members (excludes halogenated alkanes) is 11. The van der Waals surface area contributed by atoms with E-state index in [-0.39, 0.29) is 18.6 Å². The fourth-order valence-corrected chi connectivity index (χ4v) is 3.85. The fraction of sp³-hybridized carbons (Fsp3) is 0.885. The van der Waals surface area contributed by atoms with Crippen molar-refractivity contribution in [2.45, 2.75) is 123 Å². The number of carboxylic acids is 1. The highest BCUT2D eigenvalue weighted by molar-refractivity contribution is 5.63. The van der Waals surface area contributed by atoms with E-state index in [1.54, 1.807) is 13.8 Å². The molecule has 186 valence electrons. The Hall–Kier alpha value is -0.910. The first-order valence-corrected chi connectivity index (χ1v) is 12.6. The summed E-state index contributed by atoms with van der Waals surface area (Å²) in [6, 6.07) is 0. The maximum atomic E-state index is 10.2. The Bertz CT molecular complexity index is 408. The van der Waals surface area contributed by atoms with E-state index >= 15 is 0 Å². The molecule has 0 aromatic rings. The quantitative estimate of drug-likeness (QED) is 0.174. The van der Waals surface area contributed by atoms with Crippen LogP contribution in [0, 0.1) is 0 Å². The van der Waals surface area contributed by atoms with E-state index in [0.717, 1.165) is 19.3 Å². The Morgan fingerprint density at radius 1 is 0.774 bits per heavy atom. The van der Waals surface area contributed by atoms with Gasteiger partial charge in [-0.1, -0.05) is 70.4 Å². The number of carbonyl (C=O) groups excluding carboxylic acids is 1. The Balaban J connectivity index is 0. The predicted octanol–water partition coefficient (Wildman–Crippen LogP) is 4.60. The second-order valence-electron chi connectivity index (χ2n) is 9.71. The average Bonchev–Trinajstić information content (AvgIpc) is 2.63. The van der Waals surface area contributed by atoms with Gasteiger partial charge in [0.1, 0.15) is 25.3 Å². The number of nitrogens with zero attached hydrogens (tertiary/aromatic N) is 1. The summed E-state index contributed by atoms with van der Waals surface area (Å²) in [5, 5.41) is 28.4. The number of likely N-dealkylation sites (N-methyl/N-ethyl adjacent to an activating group) is 1. The molecule has 0 aliphatic rings. The first kappa shape index (κ1) is 32.3. The molecule has 2 atom stereocenters. The van der Waals surface area contributed by atoms with E-state index in [2.05, 4.69) is 19.1 Å². The van der Waals surface area contributed by atoms with Crippen molar-refractivity contribution in [1.82, 2.24) is 0 Å². The van der Waals surface area contributed by atoms with Gasteiger partial charge in [0, 0.05) is 5.97 Å². The lowest BCUT2D eigenvalue weighted by Crippen LogP contribution is -2.48. The Morgan fingerprint density at radius 3 is 1.55 bits per heavy atom. The molecule has 31 heavy (non-hydrogen) atoms. The van der Waals surface area contributed by atoms with Crippen molar-refractivity contribution >= 4 is 5.97 Å². The summed E-state index contributed by atoms with van der Waals surface area (Å²) in [5.74, 6) is -0.914. The number of quaternary nitrogens is 1. The molecule has 0 aromatic heterocycles. The van der Waals surface area contributed by atoms with Crippen molar-refractivity contribution in [3.63, 3.8) is 0 Å². The molecule has 5 heteroatoms. The SMILES string of the molecule is CC(O)C[N+](C)(C)CC(C)O.CCCCCCCC/C=C\CCCCCCCC(=O)[O-]. The van der Waals surface area contributed by atoms with Crippen LogP contribution in [0.4, 0.5) is 0 Å². The lowest BCUT2D eigenvalue weighted by molar-refractivity contribution is -0.895. The molecule has 0 saturated heterocycles. The number of aliphatic hydroxyl groups excluding tert-OH is 2. The highest BCUT2D eigenvalue weighted by atomic mass is 16.4. The normalized spacial score (nSPS) is 13.6. The van der Waals surface area contributed by atoms with Gasteiger partial charge in [0.15, 0.2) is 0 Å². The minimum absolute atomic E-state index is 0.220. The molecule has 0 aliphatic carbocycles. The van der Waals surface area contributed by atoms with E-state index in [0.29, 0.717) is 17.6 Å². The highest BCUT2D eigenvalue weighted by Crippen LogP contribution is 2.09. The van der Waals surface area contributed by atoms with Crippen LogP contribution in [0.15, 0.2) is 12.2 Å². The van der Waals surface area contributed by atoms with Gasteiger partial charge in [-0.05, 0) is 52.4 Å². The molecule has 0 radical (unpaired) electrons. The minimum Gasteiger partial charge on any atom is -0.550 e. The number of aliphatic carboxylic acids is 1. The monoisotopic (exact) mass is 443 g/mol. The number of hydrogen-bond donors (Lipinski definition) is 2. The topological polar surface area (TPSA) is 80.6 Å². The second kappa shape index (κ2) is 22.3. The summed E-state index contributed by atoms with van der Waals surface area (Å²) in [6.45, 7) is 7.16. The molecule has 0 aliphatic heterocycles. The van der Waals surface area contributed by atoms with E-state index in [1.165, 1.54) is 64.2 Å². The van der Waals surface area contributed by atoms with Gasteiger partial charge in [0.25, 0.3) is 0 Å². The molecular weight excluding hydrogens is 390 g/mol. The third-order valence-corrected chi connectivity index (χ3v) is 5.16. The van der Waals surface area contributed by atoms with Crippen molar-refractivity contribution in [3.8, 4) is 0 Å². The van der Waals surface area contributed by atoms with Crippen LogP contribution < -0.4 is 5.11 Å². The number of aliphatic hydroxyl groups is 2. The second-order valence-corrected chi connectivity index (χ2v) is 9.71. The van der Waals surface area contributed by atoms with E-state index in [9.17, 15) is 9.90 Å². The summed E-state index contributed by atoms with van der Waals surface area (Å²) < 4.78 is 0.662. The van der Waals surface area contributed by atoms with Gasteiger partial charge in [-0.15, -0.1) is 0 Å². The molecule has 0 saturated carbocycles. The fourth-order valence-electron chi connectivity index (χ4n) is 3.85.